The van der Waals surface area contributed by atoms with Gasteiger partial charge < -0.3 is 18.8 Å². The van der Waals surface area contributed by atoms with E-state index in [-0.39, 0.29) is 5.91 Å². The molecule has 0 radical (unpaired) electrons. The van der Waals surface area contributed by atoms with E-state index in [2.05, 4.69) is 11.9 Å². The third-order valence-electron chi connectivity index (χ3n) is 6.39. The van der Waals surface area contributed by atoms with Gasteiger partial charge in [0.05, 0.1) is 24.6 Å². The molecule has 2 aromatic heterocycles. The Labute approximate surface area is 183 Å². The van der Waals surface area contributed by atoms with Gasteiger partial charge in [-0.05, 0) is 63.3 Å². The predicted molar refractivity (Wildman–Crippen MR) is 108 cm³/mol. The minimum absolute atomic E-state index is 0.118. The number of aliphatic carboxylic acids is 1. The van der Waals surface area contributed by atoms with E-state index in [1.54, 1.807) is 18.6 Å². The number of piperidine rings is 1. The highest BCUT2D eigenvalue weighted by molar-refractivity contribution is 5.95. The highest BCUT2D eigenvalue weighted by Crippen LogP contribution is 2.51. The zero-order chi connectivity index (χ0) is 23.5. The van der Waals surface area contributed by atoms with Crippen LogP contribution in [0.15, 0.2) is 39.6 Å². The highest BCUT2D eigenvalue weighted by atomic mass is 19.4. The summed E-state index contributed by atoms with van der Waals surface area (Å²) >= 11 is 0. The zero-order valence-electron chi connectivity index (χ0n) is 18.0. The smallest absolute Gasteiger partial charge is 0.475 e. The molecule has 1 aliphatic carbocycles. The highest BCUT2D eigenvalue weighted by Gasteiger charge is 2.47. The minimum Gasteiger partial charge on any atom is -0.475 e. The number of aryl methyl sites for hydroxylation is 1. The molecular formula is C22H27F3N2O5. The average molecular weight is 456 g/mol. The maximum Gasteiger partial charge on any atom is 0.490 e. The van der Waals surface area contributed by atoms with E-state index in [0.29, 0.717) is 22.8 Å². The summed E-state index contributed by atoms with van der Waals surface area (Å²) in [6.07, 6.45) is 2.94. The molecule has 0 atom stereocenters. The Kier molecular flexibility index (Phi) is 7.02. The molecule has 0 bridgehead atoms. The number of nitrogens with zero attached hydrogens (tertiary/aromatic N) is 2. The number of rotatable bonds is 4. The lowest BCUT2D eigenvalue weighted by Gasteiger charge is -2.54. The number of hydrogen-bond donors (Lipinski definition) is 1. The predicted octanol–water partition coefficient (Wildman–Crippen LogP) is 4.33. The summed E-state index contributed by atoms with van der Waals surface area (Å²) in [6, 6.07) is 6.39. The Hall–Kier alpha value is -2.75. The van der Waals surface area contributed by atoms with Gasteiger partial charge in [-0.25, -0.2) is 4.79 Å². The number of carboxylic acid groups (broad SMARTS) is 1. The number of carboxylic acids is 1. The third-order valence-corrected chi connectivity index (χ3v) is 6.39. The van der Waals surface area contributed by atoms with E-state index in [4.69, 9.17) is 18.7 Å². The molecule has 10 heteroatoms. The normalized spacial score (nSPS) is 18.2. The first-order chi connectivity index (χ1) is 15.0. The summed E-state index contributed by atoms with van der Waals surface area (Å²) in [5, 5.41) is 7.12. The van der Waals surface area contributed by atoms with Crippen molar-refractivity contribution < 1.29 is 36.7 Å². The van der Waals surface area contributed by atoms with Crippen LogP contribution in [0.25, 0.3) is 0 Å². The van der Waals surface area contributed by atoms with Crippen LogP contribution in [0, 0.1) is 12.3 Å². The Balaban J connectivity index is 0.000000360. The quantitative estimate of drug-likeness (QED) is 0.737. The molecule has 32 heavy (non-hydrogen) atoms. The SMILES string of the molecule is Cc1occc1C(=O)N1CCC2(CC1)CC(N(C)Cc1ccco1)C2.O=C(O)C(F)(F)F. The topological polar surface area (TPSA) is 87.1 Å². The van der Waals surface area contributed by atoms with Crippen molar-refractivity contribution in [3.05, 3.63) is 47.8 Å². The first-order valence-electron chi connectivity index (χ1n) is 10.4. The number of carbonyl (C=O) groups is 2. The number of furan rings is 2. The maximum absolute atomic E-state index is 12.6. The van der Waals surface area contributed by atoms with Gasteiger partial charge in [-0.3, -0.25) is 9.69 Å². The molecule has 7 nitrogen and oxygen atoms in total. The van der Waals surface area contributed by atoms with E-state index < -0.39 is 12.1 Å². The second kappa shape index (κ2) is 9.40. The van der Waals surface area contributed by atoms with Crippen LogP contribution in [0.3, 0.4) is 0 Å². The van der Waals surface area contributed by atoms with Crippen molar-refractivity contribution >= 4 is 11.9 Å². The lowest BCUT2D eigenvalue weighted by atomic mass is 9.60. The van der Waals surface area contributed by atoms with Crippen molar-refractivity contribution in [1.82, 2.24) is 9.80 Å². The number of hydrogen-bond acceptors (Lipinski definition) is 5. The van der Waals surface area contributed by atoms with Crippen LogP contribution in [0.4, 0.5) is 13.2 Å². The zero-order valence-corrected chi connectivity index (χ0v) is 18.0. The molecule has 2 aliphatic rings. The molecule has 0 unspecified atom stereocenters. The van der Waals surface area contributed by atoms with Gasteiger partial charge in [-0.1, -0.05) is 0 Å². The van der Waals surface area contributed by atoms with Crippen molar-refractivity contribution in [3.8, 4) is 0 Å². The Morgan fingerprint density at radius 1 is 1.19 bits per heavy atom. The number of amides is 1. The molecule has 1 saturated carbocycles. The molecule has 3 heterocycles. The average Bonchev–Trinajstić information content (AvgIpc) is 3.37. The van der Waals surface area contributed by atoms with Crippen LogP contribution >= 0.6 is 0 Å². The summed E-state index contributed by atoms with van der Waals surface area (Å²) in [5.74, 6) is -0.896. The molecular weight excluding hydrogens is 429 g/mol. The molecule has 1 spiro atoms. The maximum atomic E-state index is 12.6. The van der Waals surface area contributed by atoms with Gasteiger partial charge in [0, 0.05) is 19.1 Å². The van der Waals surface area contributed by atoms with E-state index in [9.17, 15) is 18.0 Å². The first-order valence-corrected chi connectivity index (χ1v) is 10.4. The molecule has 2 aromatic rings. The van der Waals surface area contributed by atoms with Crippen LogP contribution in [0.5, 0.6) is 0 Å². The summed E-state index contributed by atoms with van der Waals surface area (Å²) in [4.78, 5) is 25.9. The number of likely N-dealkylation sites (tertiary alicyclic amines) is 1. The summed E-state index contributed by atoms with van der Waals surface area (Å²) in [7, 11) is 2.18. The van der Waals surface area contributed by atoms with Gasteiger partial charge >= 0.3 is 12.1 Å². The van der Waals surface area contributed by atoms with Gasteiger partial charge in [-0.15, -0.1) is 0 Å². The molecule has 1 N–H and O–H groups in total. The van der Waals surface area contributed by atoms with Crippen molar-refractivity contribution in [2.45, 2.75) is 51.4 Å². The summed E-state index contributed by atoms with van der Waals surface area (Å²) in [6.45, 7) is 4.44. The van der Waals surface area contributed by atoms with Crippen LogP contribution < -0.4 is 0 Å². The van der Waals surface area contributed by atoms with Crippen molar-refractivity contribution in [1.29, 1.82) is 0 Å². The lowest BCUT2D eigenvalue weighted by Crippen LogP contribution is -2.54. The number of halogens is 3. The fourth-order valence-corrected chi connectivity index (χ4v) is 4.40. The Morgan fingerprint density at radius 2 is 1.81 bits per heavy atom. The standard InChI is InChI=1S/C20H26N2O3.C2HF3O2/c1-15-18(5-11-24-15)19(23)22-8-6-20(7-9-22)12-16(13-20)21(2)14-17-4-3-10-25-17;3-2(4,5)1(6)7/h3-5,10-11,16H,6-9,12-14H2,1-2H3;(H,6,7). The fraction of sp³-hybridized carbons (Fsp3) is 0.545. The van der Waals surface area contributed by atoms with E-state index in [1.807, 2.05) is 24.0 Å². The summed E-state index contributed by atoms with van der Waals surface area (Å²) in [5.41, 5.74) is 1.14. The van der Waals surface area contributed by atoms with Gasteiger partial charge in [-0.2, -0.15) is 13.2 Å². The van der Waals surface area contributed by atoms with Crippen molar-refractivity contribution in [2.24, 2.45) is 5.41 Å². The van der Waals surface area contributed by atoms with Crippen molar-refractivity contribution in [3.63, 3.8) is 0 Å². The van der Waals surface area contributed by atoms with Gasteiger partial charge in [0.15, 0.2) is 0 Å². The van der Waals surface area contributed by atoms with Gasteiger partial charge in [0.2, 0.25) is 0 Å². The number of carbonyl (C=O) groups excluding carboxylic acids is 1. The van der Waals surface area contributed by atoms with Crippen molar-refractivity contribution in [2.75, 3.05) is 20.1 Å². The summed E-state index contributed by atoms with van der Waals surface area (Å²) < 4.78 is 42.5. The van der Waals surface area contributed by atoms with E-state index >= 15 is 0 Å². The van der Waals surface area contributed by atoms with Crippen LogP contribution in [-0.2, 0) is 11.3 Å². The largest absolute Gasteiger partial charge is 0.490 e. The molecule has 176 valence electrons. The van der Waals surface area contributed by atoms with Gasteiger partial charge in [0.1, 0.15) is 11.5 Å². The Bertz CT molecular complexity index is 906. The molecule has 1 amide bonds. The van der Waals surface area contributed by atoms with Crippen LogP contribution in [0.2, 0.25) is 0 Å². The van der Waals surface area contributed by atoms with E-state index in [1.165, 1.54) is 12.8 Å². The Morgan fingerprint density at radius 3 is 2.28 bits per heavy atom. The third kappa shape index (κ3) is 5.53. The fourth-order valence-electron chi connectivity index (χ4n) is 4.40. The molecule has 1 aliphatic heterocycles. The van der Waals surface area contributed by atoms with Crippen LogP contribution in [0.1, 0.15) is 47.6 Å². The lowest BCUT2D eigenvalue weighted by molar-refractivity contribution is -0.192. The minimum atomic E-state index is -5.08. The molecule has 4 rings (SSSR count). The molecule has 0 aromatic carbocycles. The first kappa shape index (κ1) is 23.9. The van der Waals surface area contributed by atoms with Crippen LogP contribution in [-0.4, -0.2) is 59.1 Å². The van der Waals surface area contributed by atoms with Gasteiger partial charge in [0.25, 0.3) is 5.91 Å². The monoisotopic (exact) mass is 456 g/mol. The second-order valence-corrected chi connectivity index (χ2v) is 8.54. The second-order valence-electron chi connectivity index (χ2n) is 8.54. The number of alkyl halides is 3. The molecule has 1 saturated heterocycles. The molecule has 2 fully saturated rings. The van der Waals surface area contributed by atoms with E-state index in [0.717, 1.165) is 38.2 Å².